The Labute approximate surface area is 207 Å². The molecule has 0 spiro atoms. The van der Waals surface area contributed by atoms with Crippen molar-refractivity contribution in [2.75, 3.05) is 13.2 Å². The number of aromatic nitrogens is 2. The van der Waals surface area contributed by atoms with Crippen LogP contribution in [0.1, 0.15) is 12.6 Å². The van der Waals surface area contributed by atoms with Gasteiger partial charge in [-0.3, -0.25) is 23.9 Å². The Kier molecular flexibility index (Phi) is 7.67. The van der Waals surface area contributed by atoms with E-state index in [0.717, 1.165) is 29.8 Å². The van der Waals surface area contributed by atoms with E-state index in [9.17, 15) is 36.7 Å². The minimum Gasteiger partial charge on any atom is -0.465 e. The highest BCUT2D eigenvalue weighted by atomic mass is 35.5. The van der Waals surface area contributed by atoms with Crippen molar-refractivity contribution in [3.8, 4) is 5.69 Å². The zero-order valence-electron chi connectivity index (χ0n) is 17.7. The Hall–Kier alpha value is -2.84. The van der Waals surface area contributed by atoms with E-state index in [1.807, 2.05) is 0 Å². The van der Waals surface area contributed by atoms with Crippen molar-refractivity contribution in [1.29, 1.82) is 0 Å². The van der Waals surface area contributed by atoms with Gasteiger partial charge in [0.2, 0.25) is 0 Å². The number of ether oxygens (including phenoxy) is 1. The first-order chi connectivity index (χ1) is 16.3. The van der Waals surface area contributed by atoms with Gasteiger partial charge in [-0.1, -0.05) is 35.0 Å². The molecule has 1 aliphatic rings. The van der Waals surface area contributed by atoms with Crippen molar-refractivity contribution < 1.29 is 31.9 Å². The molecule has 0 saturated carbocycles. The minimum absolute atomic E-state index is 0.0504. The van der Waals surface area contributed by atoms with Crippen LogP contribution in [0.15, 0.2) is 32.8 Å². The average Bonchev–Trinajstić information content (AvgIpc) is 3.00. The molecule has 1 aliphatic heterocycles. The SMILES string of the molecule is CCOC(=O)CN1C(=O)C(Cl)SC1=Nc1cc(-n2c(=O)cc(C(F)(F)F)n(C)c2=O)c(F)cc1Cl. The summed E-state index contributed by atoms with van der Waals surface area (Å²) >= 11 is 12.7. The molecule has 1 amide bonds. The van der Waals surface area contributed by atoms with Gasteiger partial charge < -0.3 is 4.74 Å². The average molecular weight is 557 g/mol. The molecule has 16 heteroatoms. The maximum atomic E-state index is 14.7. The van der Waals surface area contributed by atoms with Crippen LogP contribution >= 0.6 is 35.0 Å². The third kappa shape index (κ3) is 5.38. The van der Waals surface area contributed by atoms with Crippen molar-refractivity contribution >= 4 is 57.7 Å². The van der Waals surface area contributed by atoms with Crippen molar-refractivity contribution in [2.24, 2.45) is 12.0 Å². The molecule has 1 atom stereocenters. The van der Waals surface area contributed by atoms with Crippen LogP contribution < -0.4 is 11.2 Å². The van der Waals surface area contributed by atoms with E-state index >= 15 is 0 Å². The summed E-state index contributed by atoms with van der Waals surface area (Å²) in [6.45, 7) is 1.08. The Bertz CT molecular complexity index is 1360. The van der Waals surface area contributed by atoms with E-state index in [4.69, 9.17) is 27.9 Å². The number of carbonyl (C=O) groups excluding carboxylic acids is 2. The first-order valence-corrected chi connectivity index (χ1v) is 11.2. The molecular weight excluding hydrogens is 543 g/mol. The fraction of sp³-hybridized carbons (Fsp3) is 0.316. The van der Waals surface area contributed by atoms with Crippen LogP contribution in [0.4, 0.5) is 23.2 Å². The van der Waals surface area contributed by atoms with Gasteiger partial charge in [-0.2, -0.15) is 13.2 Å². The van der Waals surface area contributed by atoms with E-state index in [-0.39, 0.29) is 37.7 Å². The monoisotopic (exact) mass is 556 g/mol. The first-order valence-electron chi connectivity index (χ1n) is 9.52. The summed E-state index contributed by atoms with van der Waals surface area (Å²) in [4.78, 5) is 54.1. The number of amidine groups is 1. The highest BCUT2D eigenvalue weighted by Crippen LogP contribution is 2.35. The molecule has 188 valence electrons. The number of halogens is 6. The molecule has 1 saturated heterocycles. The molecule has 1 aromatic carbocycles. The molecule has 2 aromatic rings. The van der Waals surface area contributed by atoms with Crippen LogP contribution in [0, 0.1) is 5.82 Å². The summed E-state index contributed by atoms with van der Waals surface area (Å²) < 4.78 is 58.0. The molecule has 1 fully saturated rings. The number of nitrogens with zero attached hydrogens (tertiary/aromatic N) is 4. The lowest BCUT2D eigenvalue weighted by atomic mass is 10.2. The van der Waals surface area contributed by atoms with Gasteiger partial charge in [-0.15, -0.1) is 0 Å². The summed E-state index contributed by atoms with van der Waals surface area (Å²) in [6.07, 6.45) is -5.01. The molecule has 2 heterocycles. The van der Waals surface area contributed by atoms with Gasteiger partial charge in [0.05, 0.1) is 23.0 Å². The molecule has 1 unspecified atom stereocenters. The predicted molar refractivity (Wildman–Crippen MR) is 120 cm³/mol. The predicted octanol–water partition coefficient (Wildman–Crippen LogP) is 3.04. The topological polar surface area (TPSA) is 103 Å². The van der Waals surface area contributed by atoms with Gasteiger partial charge in [-0.05, 0) is 19.1 Å². The Balaban J connectivity index is 2.15. The molecule has 35 heavy (non-hydrogen) atoms. The van der Waals surface area contributed by atoms with E-state index in [0.29, 0.717) is 6.07 Å². The summed E-state index contributed by atoms with van der Waals surface area (Å²) in [5, 5.41) is -0.437. The number of esters is 1. The standard InChI is InChI=1S/C19H14Cl2F4N4O5S/c1-3-34-14(31)7-28-16(32)15(21)35-17(28)26-10-5-11(9(22)4-8(10)20)29-13(30)6-12(19(23,24)25)27(2)18(29)33/h4-6,15H,3,7H2,1-2H3. The molecule has 9 nitrogen and oxygen atoms in total. The van der Waals surface area contributed by atoms with E-state index in [2.05, 4.69) is 4.99 Å². The van der Waals surface area contributed by atoms with Crippen molar-refractivity contribution in [3.05, 3.63) is 55.6 Å². The van der Waals surface area contributed by atoms with Crippen LogP contribution in [-0.4, -0.2) is 48.9 Å². The number of amides is 1. The van der Waals surface area contributed by atoms with Crippen molar-refractivity contribution in [1.82, 2.24) is 14.0 Å². The van der Waals surface area contributed by atoms with Crippen molar-refractivity contribution in [2.45, 2.75) is 17.8 Å². The lowest BCUT2D eigenvalue weighted by Crippen LogP contribution is -2.41. The second-order valence-corrected chi connectivity index (χ2v) is 9.03. The van der Waals surface area contributed by atoms with Crippen LogP contribution in [0.5, 0.6) is 0 Å². The second-order valence-electron chi connectivity index (χ2n) is 6.86. The number of hydrogen-bond donors (Lipinski definition) is 0. The third-order valence-electron chi connectivity index (χ3n) is 4.58. The number of hydrogen-bond acceptors (Lipinski definition) is 7. The minimum atomic E-state index is -5.01. The van der Waals surface area contributed by atoms with Crippen LogP contribution in [0.3, 0.4) is 0 Å². The van der Waals surface area contributed by atoms with E-state index < -0.39 is 57.8 Å². The summed E-state index contributed by atoms with van der Waals surface area (Å²) in [6, 6.07) is 1.68. The largest absolute Gasteiger partial charge is 0.465 e. The summed E-state index contributed by atoms with van der Waals surface area (Å²) in [5.41, 5.74) is -5.44. The smallest absolute Gasteiger partial charge is 0.431 e. The van der Waals surface area contributed by atoms with Crippen LogP contribution in [-0.2, 0) is 27.5 Å². The molecule has 0 N–H and O–H groups in total. The molecule has 1 aromatic heterocycles. The zero-order chi connectivity index (χ0) is 26.2. The second kappa shape index (κ2) is 10.0. The Morgan fingerprint density at radius 1 is 1.23 bits per heavy atom. The quantitative estimate of drug-likeness (QED) is 0.318. The van der Waals surface area contributed by atoms with Gasteiger partial charge in [0.25, 0.3) is 11.5 Å². The number of thioether (sulfide) groups is 1. The number of alkyl halides is 4. The maximum Gasteiger partial charge on any atom is 0.431 e. The number of rotatable bonds is 5. The van der Waals surface area contributed by atoms with Gasteiger partial charge in [0.1, 0.15) is 18.1 Å². The number of carbonyl (C=O) groups is 2. The van der Waals surface area contributed by atoms with Gasteiger partial charge in [0.15, 0.2) is 9.88 Å². The Morgan fingerprint density at radius 3 is 2.49 bits per heavy atom. The molecule has 0 radical (unpaired) electrons. The van der Waals surface area contributed by atoms with Gasteiger partial charge in [-0.25, -0.2) is 18.7 Å². The fourth-order valence-electron chi connectivity index (χ4n) is 3.00. The summed E-state index contributed by atoms with van der Waals surface area (Å²) in [5.74, 6) is -2.65. The number of benzene rings is 1. The van der Waals surface area contributed by atoms with E-state index in [1.165, 1.54) is 0 Å². The van der Waals surface area contributed by atoms with Crippen LogP contribution in [0.25, 0.3) is 5.69 Å². The summed E-state index contributed by atoms with van der Waals surface area (Å²) in [7, 11) is 0.769. The van der Waals surface area contributed by atoms with Crippen molar-refractivity contribution in [3.63, 3.8) is 0 Å². The van der Waals surface area contributed by atoms with Gasteiger partial charge in [0, 0.05) is 13.1 Å². The molecular formula is C19H14Cl2F4N4O5S. The lowest BCUT2D eigenvalue weighted by molar-refractivity contribution is -0.146. The maximum absolute atomic E-state index is 14.7. The zero-order valence-corrected chi connectivity index (χ0v) is 20.1. The third-order valence-corrected chi connectivity index (χ3v) is 6.26. The highest BCUT2D eigenvalue weighted by molar-refractivity contribution is 8.16. The first kappa shape index (κ1) is 26.8. The molecule has 3 rings (SSSR count). The van der Waals surface area contributed by atoms with Gasteiger partial charge >= 0.3 is 17.8 Å². The molecule has 0 aliphatic carbocycles. The molecule has 0 bridgehead atoms. The normalized spacial score (nSPS) is 17.4. The fourth-order valence-corrected chi connectivity index (χ4v) is 4.39. The van der Waals surface area contributed by atoms with E-state index in [1.54, 1.807) is 6.92 Å². The van der Waals surface area contributed by atoms with Crippen LogP contribution in [0.2, 0.25) is 5.02 Å². The lowest BCUT2D eigenvalue weighted by Gasteiger charge is -2.16. The Morgan fingerprint density at radius 2 is 1.89 bits per heavy atom. The highest BCUT2D eigenvalue weighted by Gasteiger charge is 2.38. The number of aliphatic imine (C=N–C) groups is 1.